The summed E-state index contributed by atoms with van der Waals surface area (Å²) < 4.78 is 17.4. The van der Waals surface area contributed by atoms with Crippen LogP contribution in [0.4, 0.5) is 0 Å². The molecule has 0 amide bonds. The molecule has 314 valence electrons. The maximum atomic E-state index is 14.9. The summed E-state index contributed by atoms with van der Waals surface area (Å²) in [4.78, 5) is 54.8. The molecule has 1 aliphatic heterocycles. The predicted molar refractivity (Wildman–Crippen MR) is 215 cm³/mol. The second-order valence-electron chi connectivity index (χ2n) is 15.5. The Labute approximate surface area is 344 Å². The Bertz CT molecular complexity index is 2390. The fourth-order valence-electron chi connectivity index (χ4n) is 8.51. The van der Waals surface area contributed by atoms with Gasteiger partial charge in [0.25, 0.3) is 0 Å². The minimum atomic E-state index is -1.82. The molecule has 5 unspecified atom stereocenters. The zero-order valence-electron chi connectivity index (χ0n) is 33.0. The number of rotatable bonds is 12. The van der Waals surface area contributed by atoms with Crippen molar-refractivity contribution in [2.24, 2.45) is 0 Å². The summed E-state index contributed by atoms with van der Waals surface area (Å²) in [5.74, 6) is -3.60. The molecule has 4 aromatic carbocycles. The number of aliphatic hydroxyl groups excluding tert-OH is 5. The molecule has 1 heterocycles. The minimum absolute atomic E-state index is 0.00857. The summed E-state index contributed by atoms with van der Waals surface area (Å²) in [6.45, 7) is 1.73. The number of aldehydes is 1. The lowest BCUT2D eigenvalue weighted by Crippen LogP contribution is -2.58. The molecule has 14 heteroatoms. The molecule has 1 saturated carbocycles. The first kappa shape index (κ1) is 42.5. The van der Waals surface area contributed by atoms with Crippen LogP contribution in [0, 0.1) is 0 Å². The Morgan fingerprint density at radius 1 is 0.867 bits per heavy atom. The standard InChI is InChI=1S/C46H46O14/c1-23-39(51)43(55)44(56)45(58-23)60-35-20-31-38(40(52)30(35)18-27-9-6-10-33(32(27)22-49)46(57)14-3-4-15-46)42(54)36-28(21-48)19-34(59-24(2)50)29(37(36)41(31)53)12-11-25-7-5-8-26(17-25)13-16-47/h5-12,17,19-20,22-23,39,43-45,47-48,51-52,55-57H,3-4,13-16,18,21H2,1-2H3. The summed E-state index contributed by atoms with van der Waals surface area (Å²) in [5, 5.41) is 75.7. The van der Waals surface area contributed by atoms with Crippen LogP contribution in [0.1, 0.15) is 121 Å². The van der Waals surface area contributed by atoms with Crippen molar-refractivity contribution in [1.82, 2.24) is 0 Å². The molecule has 0 spiro atoms. The molecule has 3 aliphatic rings. The molecule has 2 fully saturated rings. The third-order valence-electron chi connectivity index (χ3n) is 11.6. The largest absolute Gasteiger partial charge is 0.507 e. The van der Waals surface area contributed by atoms with Crippen molar-refractivity contribution in [2.75, 3.05) is 6.61 Å². The van der Waals surface area contributed by atoms with Gasteiger partial charge in [0.1, 0.15) is 35.6 Å². The van der Waals surface area contributed by atoms with Crippen LogP contribution in [-0.2, 0) is 34.6 Å². The van der Waals surface area contributed by atoms with Crippen LogP contribution in [0.5, 0.6) is 17.2 Å². The highest BCUT2D eigenvalue weighted by atomic mass is 16.7. The Morgan fingerprint density at radius 2 is 1.60 bits per heavy atom. The van der Waals surface area contributed by atoms with E-state index in [1.807, 2.05) is 6.07 Å². The van der Waals surface area contributed by atoms with E-state index in [-0.39, 0.29) is 63.5 Å². The molecule has 4 aromatic rings. The van der Waals surface area contributed by atoms with Crippen molar-refractivity contribution in [3.63, 3.8) is 0 Å². The third-order valence-corrected chi connectivity index (χ3v) is 11.6. The molecule has 14 nitrogen and oxygen atoms in total. The Kier molecular flexibility index (Phi) is 12.2. The number of esters is 1. The molecule has 0 radical (unpaired) electrons. The summed E-state index contributed by atoms with van der Waals surface area (Å²) in [7, 11) is 0. The number of phenols is 1. The van der Waals surface area contributed by atoms with Gasteiger partial charge in [-0.1, -0.05) is 61.4 Å². The van der Waals surface area contributed by atoms with Crippen LogP contribution < -0.4 is 9.47 Å². The first-order valence-corrected chi connectivity index (χ1v) is 19.7. The molecule has 7 N–H and O–H groups in total. The first-order chi connectivity index (χ1) is 28.7. The van der Waals surface area contributed by atoms with Crippen molar-refractivity contribution in [1.29, 1.82) is 0 Å². The number of aliphatic hydroxyl groups is 6. The zero-order valence-corrected chi connectivity index (χ0v) is 33.0. The normalized spacial score (nSPS) is 22.1. The van der Waals surface area contributed by atoms with E-state index in [9.17, 15) is 54.9 Å². The van der Waals surface area contributed by atoms with Crippen molar-refractivity contribution < 1.29 is 69.1 Å². The van der Waals surface area contributed by atoms with Gasteiger partial charge in [0.2, 0.25) is 6.29 Å². The van der Waals surface area contributed by atoms with E-state index < -0.39 is 71.8 Å². The minimum Gasteiger partial charge on any atom is -0.507 e. The molecule has 1 saturated heterocycles. The van der Waals surface area contributed by atoms with E-state index in [0.717, 1.165) is 25.3 Å². The summed E-state index contributed by atoms with van der Waals surface area (Å²) in [5.41, 5.74) is -0.459. The molecular weight excluding hydrogens is 776 g/mol. The maximum absolute atomic E-state index is 14.9. The molecule has 5 atom stereocenters. The van der Waals surface area contributed by atoms with Crippen LogP contribution in [0.3, 0.4) is 0 Å². The van der Waals surface area contributed by atoms with E-state index in [4.69, 9.17) is 14.2 Å². The summed E-state index contributed by atoms with van der Waals surface area (Å²) in [6, 6.07) is 14.5. The lowest BCUT2D eigenvalue weighted by molar-refractivity contribution is -0.268. The monoisotopic (exact) mass is 822 g/mol. The lowest BCUT2D eigenvalue weighted by atomic mass is 9.77. The molecule has 0 aromatic heterocycles. The van der Waals surface area contributed by atoms with Crippen molar-refractivity contribution >= 4 is 36.0 Å². The third kappa shape index (κ3) is 7.79. The number of carbonyl (C=O) groups is 4. The van der Waals surface area contributed by atoms with Gasteiger partial charge in [0.15, 0.2) is 17.9 Å². The van der Waals surface area contributed by atoms with Gasteiger partial charge in [-0.15, -0.1) is 0 Å². The van der Waals surface area contributed by atoms with Gasteiger partial charge in [-0.3, -0.25) is 19.2 Å². The first-order valence-electron chi connectivity index (χ1n) is 19.7. The molecule has 0 bridgehead atoms. The molecule has 60 heavy (non-hydrogen) atoms. The highest BCUT2D eigenvalue weighted by molar-refractivity contribution is 6.31. The molecular formula is C46H46O14. The number of hydrogen-bond acceptors (Lipinski definition) is 14. The number of hydrogen-bond donors (Lipinski definition) is 7. The van der Waals surface area contributed by atoms with E-state index in [0.29, 0.717) is 42.2 Å². The quantitative estimate of drug-likeness (QED) is 0.0412. The maximum Gasteiger partial charge on any atom is 0.308 e. The van der Waals surface area contributed by atoms with Gasteiger partial charge in [-0.2, -0.15) is 0 Å². The average Bonchev–Trinajstić information content (AvgIpc) is 3.68. The lowest BCUT2D eigenvalue weighted by Gasteiger charge is -2.39. The van der Waals surface area contributed by atoms with Gasteiger partial charge >= 0.3 is 5.97 Å². The van der Waals surface area contributed by atoms with Gasteiger partial charge in [0, 0.05) is 53.3 Å². The van der Waals surface area contributed by atoms with Crippen LogP contribution in [-0.4, -0.2) is 96.9 Å². The molecule has 2 aliphatic carbocycles. The van der Waals surface area contributed by atoms with E-state index in [1.165, 1.54) is 25.1 Å². The van der Waals surface area contributed by atoms with Crippen molar-refractivity contribution in [2.45, 2.75) is 95.3 Å². The van der Waals surface area contributed by atoms with Crippen LogP contribution in [0.2, 0.25) is 0 Å². The SMILES string of the molecule is CC(=O)Oc1cc(CO)c2c(c1C=Cc1cccc(CCO)c1)C(=O)c1cc(OC3OC(C)C(O)C(O)C3O)c(Cc3cccc(C4(O)CCCC4)c3C=O)c(O)c1C2=O. The predicted octanol–water partition coefficient (Wildman–Crippen LogP) is 3.66. The second-order valence-corrected chi connectivity index (χ2v) is 15.5. The number of fused-ring (bicyclic) bond motifs is 2. The van der Waals surface area contributed by atoms with Gasteiger partial charge in [0.05, 0.1) is 23.9 Å². The fourth-order valence-corrected chi connectivity index (χ4v) is 8.51. The molecule has 7 rings (SSSR count). The van der Waals surface area contributed by atoms with Crippen LogP contribution in [0.15, 0.2) is 54.6 Å². The zero-order chi connectivity index (χ0) is 43.0. The number of carbonyl (C=O) groups excluding carboxylic acids is 4. The highest BCUT2D eigenvalue weighted by Gasteiger charge is 2.45. The highest BCUT2D eigenvalue weighted by Crippen LogP contribution is 2.46. The Hall–Kier alpha value is -5.58. The fraction of sp³-hybridized carbons (Fsp3) is 0.348. The Morgan fingerprint density at radius 3 is 2.28 bits per heavy atom. The van der Waals surface area contributed by atoms with Crippen molar-refractivity contribution in [3.8, 4) is 17.2 Å². The Balaban J connectivity index is 1.43. The number of benzene rings is 4. The van der Waals surface area contributed by atoms with Crippen molar-refractivity contribution in [3.05, 3.63) is 121 Å². The number of phenolic OH excluding ortho intramolecular Hbond substituents is 1. The van der Waals surface area contributed by atoms with Gasteiger partial charge in [-0.05, 0) is 72.2 Å². The summed E-state index contributed by atoms with van der Waals surface area (Å²) >= 11 is 0. The van der Waals surface area contributed by atoms with Gasteiger partial charge < -0.3 is 50.0 Å². The van der Waals surface area contributed by atoms with Gasteiger partial charge in [-0.25, -0.2) is 0 Å². The van der Waals surface area contributed by atoms with Crippen LogP contribution >= 0.6 is 0 Å². The van der Waals surface area contributed by atoms with Crippen LogP contribution in [0.25, 0.3) is 12.2 Å². The number of aromatic hydroxyl groups is 1. The smallest absolute Gasteiger partial charge is 0.308 e. The van der Waals surface area contributed by atoms with E-state index >= 15 is 0 Å². The van der Waals surface area contributed by atoms with E-state index in [2.05, 4.69) is 0 Å². The van der Waals surface area contributed by atoms with E-state index in [1.54, 1.807) is 42.5 Å². The number of ketones is 2. The average molecular weight is 823 g/mol. The number of ether oxygens (including phenoxy) is 3. The second kappa shape index (κ2) is 17.2. The topological polar surface area (TPSA) is 238 Å². The summed E-state index contributed by atoms with van der Waals surface area (Å²) in [6.07, 6.45) is -1.61.